The van der Waals surface area contributed by atoms with Crippen molar-refractivity contribution >= 4 is 10.0 Å². The van der Waals surface area contributed by atoms with Crippen LogP contribution in [0.2, 0.25) is 0 Å². The maximum atomic E-state index is 13.3. The molecule has 1 heterocycles. The zero-order valence-corrected chi connectivity index (χ0v) is 15.0. The molecular weight excluding hydrogens is 365 g/mol. The van der Waals surface area contributed by atoms with Crippen molar-refractivity contribution < 1.29 is 21.6 Å². The zero-order chi connectivity index (χ0) is 18.9. The van der Waals surface area contributed by atoms with Crippen molar-refractivity contribution in [2.75, 3.05) is 26.7 Å². The molecule has 0 amide bonds. The van der Waals surface area contributed by atoms with Gasteiger partial charge in [0.1, 0.15) is 0 Å². The van der Waals surface area contributed by atoms with Gasteiger partial charge in [-0.15, -0.1) is 0 Å². The van der Waals surface area contributed by atoms with Crippen LogP contribution in [0.3, 0.4) is 0 Å². The third-order valence-corrected chi connectivity index (χ3v) is 6.46. The molecule has 140 valence electrons. The number of hydrogen-bond acceptors (Lipinski definition) is 3. The molecule has 1 unspecified atom stereocenters. The van der Waals surface area contributed by atoms with Crippen LogP contribution in [0.4, 0.5) is 13.2 Å². The lowest BCUT2D eigenvalue weighted by Gasteiger charge is -2.39. The van der Waals surface area contributed by atoms with Gasteiger partial charge in [0.25, 0.3) is 0 Å². The molecule has 0 radical (unpaired) electrons. The van der Waals surface area contributed by atoms with Gasteiger partial charge >= 0.3 is 6.18 Å². The molecule has 1 atom stereocenters. The van der Waals surface area contributed by atoms with Crippen LogP contribution in [0, 0.1) is 0 Å². The average Bonchev–Trinajstić information content (AvgIpc) is 2.61. The summed E-state index contributed by atoms with van der Waals surface area (Å²) in [6.45, 7) is 0.999. The Balaban J connectivity index is 2.08. The van der Waals surface area contributed by atoms with Gasteiger partial charge in [-0.05, 0) is 24.7 Å². The summed E-state index contributed by atoms with van der Waals surface area (Å²) in [5.41, 5.74) is -0.377. The molecule has 2 aromatic rings. The van der Waals surface area contributed by atoms with E-state index in [0.717, 1.165) is 17.7 Å². The smallest absolute Gasteiger partial charge is 0.303 e. The van der Waals surface area contributed by atoms with E-state index in [9.17, 15) is 21.6 Å². The number of piperazine rings is 1. The molecule has 0 spiro atoms. The molecule has 8 heteroatoms. The number of nitrogens with zero attached hydrogens (tertiary/aromatic N) is 2. The molecular formula is C18H19F3N2O2S. The Labute approximate surface area is 150 Å². The number of hydrogen-bond donors (Lipinski definition) is 0. The largest absolute Gasteiger partial charge is 0.417 e. The molecule has 26 heavy (non-hydrogen) atoms. The summed E-state index contributed by atoms with van der Waals surface area (Å²) >= 11 is 0. The summed E-state index contributed by atoms with van der Waals surface area (Å²) in [6.07, 6.45) is -4.74. The Bertz CT molecular complexity index is 870. The van der Waals surface area contributed by atoms with Crippen molar-refractivity contribution in [2.24, 2.45) is 0 Å². The first-order valence-electron chi connectivity index (χ1n) is 8.13. The minimum Gasteiger partial charge on any atom is -0.303 e. The predicted octanol–water partition coefficient (Wildman–Crippen LogP) is 3.38. The highest BCUT2D eigenvalue weighted by molar-refractivity contribution is 7.89. The van der Waals surface area contributed by atoms with Gasteiger partial charge in [0.2, 0.25) is 10.0 Å². The molecule has 0 aliphatic carbocycles. The molecule has 0 bridgehead atoms. The van der Waals surface area contributed by atoms with E-state index in [1.807, 2.05) is 18.0 Å². The minimum atomic E-state index is -4.74. The van der Waals surface area contributed by atoms with Gasteiger partial charge in [0, 0.05) is 19.6 Å². The number of likely N-dealkylation sites (N-methyl/N-ethyl adjacent to an activating group) is 1. The summed E-state index contributed by atoms with van der Waals surface area (Å²) < 4.78 is 67.5. The van der Waals surface area contributed by atoms with E-state index in [-0.39, 0.29) is 6.54 Å². The Hall–Kier alpha value is -1.90. The van der Waals surface area contributed by atoms with E-state index < -0.39 is 32.7 Å². The number of benzene rings is 2. The molecule has 1 aliphatic rings. The van der Waals surface area contributed by atoms with Gasteiger partial charge in [-0.25, -0.2) is 8.42 Å². The summed E-state index contributed by atoms with van der Waals surface area (Å²) in [5, 5.41) is 0. The molecule has 0 N–H and O–H groups in total. The highest BCUT2D eigenvalue weighted by Crippen LogP contribution is 2.38. The van der Waals surface area contributed by atoms with Crippen molar-refractivity contribution in [3.8, 4) is 0 Å². The van der Waals surface area contributed by atoms with Gasteiger partial charge < -0.3 is 4.90 Å². The lowest BCUT2D eigenvalue weighted by molar-refractivity contribution is -0.139. The zero-order valence-electron chi connectivity index (χ0n) is 14.1. The Morgan fingerprint density at radius 1 is 0.962 bits per heavy atom. The number of alkyl halides is 3. The predicted molar refractivity (Wildman–Crippen MR) is 92.0 cm³/mol. The van der Waals surface area contributed by atoms with E-state index >= 15 is 0 Å². The first-order chi connectivity index (χ1) is 12.2. The molecule has 1 fully saturated rings. The first-order valence-corrected chi connectivity index (χ1v) is 9.57. The molecule has 1 saturated heterocycles. The van der Waals surface area contributed by atoms with Crippen LogP contribution in [0.5, 0.6) is 0 Å². The van der Waals surface area contributed by atoms with E-state index in [4.69, 9.17) is 0 Å². The lowest BCUT2D eigenvalue weighted by Crippen LogP contribution is -2.49. The second kappa shape index (κ2) is 7.02. The van der Waals surface area contributed by atoms with Crippen LogP contribution >= 0.6 is 0 Å². The van der Waals surface area contributed by atoms with Crippen LogP contribution in [0.25, 0.3) is 0 Å². The van der Waals surface area contributed by atoms with E-state index in [1.165, 1.54) is 16.4 Å². The quantitative estimate of drug-likeness (QED) is 0.815. The summed E-state index contributed by atoms with van der Waals surface area (Å²) in [6, 6.07) is 12.8. The minimum absolute atomic E-state index is 0.130. The van der Waals surface area contributed by atoms with Crippen LogP contribution in [-0.4, -0.2) is 44.3 Å². The lowest BCUT2D eigenvalue weighted by atomic mass is 10.1. The van der Waals surface area contributed by atoms with E-state index in [0.29, 0.717) is 13.1 Å². The second-order valence-electron chi connectivity index (χ2n) is 6.30. The van der Waals surface area contributed by atoms with Crippen molar-refractivity contribution in [1.29, 1.82) is 0 Å². The van der Waals surface area contributed by atoms with E-state index in [1.54, 1.807) is 24.3 Å². The molecule has 0 saturated carbocycles. The van der Waals surface area contributed by atoms with Crippen LogP contribution in [-0.2, 0) is 16.2 Å². The maximum Gasteiger partial charge on any atom is 0.417 e. The Morgan fingerprint density at radius 2 is 1.58 bits per heavy atom. The normalized spacial score (nSPS) is 20.2. The molecule has 1 aliphatic heterocycles. The van der Waals surface area contributed by atoms with Crippen LogP contribution in [0.1, 0.15) is 17.2 Å². The fourth-order valence-corrected chi connectivity index (χ4v) is 5.00. The Morgan fingerprint density at radius 3 is 2.23 bits per heavy atom. The highest BCUT2D eigenvalue weighted by Gasteiger charge is 2.42. The summed E-state index contributed by atoms with van der Waals surface area (Å²) in [7, 11) is -2.45. The van der Waals surface area contributed by atoms with Gasteiger partial charge in [-0.1, -0.05) is 42.5 Å². The summed E-state index contributed by atoms with van der Waals surface area (Å²) in [4.78, 5) is 1.28. The van der Waals surface area contributed by atoms with Gasteiger partial charge in [-0.3, -0.25) is 0 Å². The Kier molecular flexibility index (Phi) is 5.09. The standard InChI is InChI=1S/C18H19F3N2O2S/c1-22-11-12-23(16(13-22)14-7-3-2-4-8-14)26(24,25)17-10-6-5-9-15(17)18(19,20)21/h2-10,16H,11-13H2,1H3. The SMILES string of the molecule is CN1CCN(S(=O)(=O)c2ccccc2C(F)(F)F)C(c2ccccc2)C1. The third kappa shape index (κ3) is 3.62. The second-order valence-corrected chi connectivity index (χ2v) is 8.16. The van der Waals surface area contributed by atoms with Gasteiger partial charge in [-0.2, -0.15) is 17.5 Å². The number of rotatable bonds is 3. The summed E-state index contributed by atoms with van der Waals surface area (Å²) in [5.74, 6) is 0. The van der Waals surface area contributed by atoms with Crippen LogP contribution < -0.4 is 0 Å². The van der Waals surface area contributed by atoms with Crippen molar-refractivity contribution in [1.82, 2.24) is 9.21 Å². The van der Waals surface area contributed by atoms with Crippen molar-refractivity contribution in [2.45, 2.75) is 17.1 Å². The third-order valence-electron chi connectivity index (χ3n) is 4.50. The van der Waals surface area contributed by atoms with Crippen molar-refractivity contribution in [3.05, 3.63) is 65.7 Å². The first kappa shape index (κ1) is 18.9. The van der Waals surface area contributed by atoms with Gasteiger partial charge in [0.05, 0.1) is 16.5 Å². The molecule has 0 aromatic heterocycles. The molecule has 4 nitrogen and oxygen atoms in total. The number of sulfonamides is 1. The van der Waals surface area contributed by atoms with E-state index in [2.05, 4.69) is 0 Å². The average molecular weight is 384 g/mol. The highest BCUT2D eigenvalue weighted by atomic mass is 32.2. The number of halogens is 3. The maximum absolute atomic E-state index is 13.3. The van der Waals surface area contributed by atoms with Gasteiger partial charge in [0.15, 0.2) is 0 Å². The van der Waals surface area contributed by atoms with Crippen LogP contribution in [0.15, 0.2) is 59.5 Å². The molecule has 2 aromatic carbocycles. The fourth-order valence-electron chi connectivity index (χ4n) is 3.19. The fraction of sp³-hybridized carbons (Fsp3) is 0.333. The monoisotopic (exact) mass is 384 g/mol. The molecule has 3 rings (SSSR count). The van der Waals surface area contributed by atoms with Crippen molar-refractivity contribution in [3.63, 3.8) is 0 Å². The topological polar surface area (TPSA) is 40.6 Å².